The van der Waals surface area contributed by atoms with Crippen molar-refractivity contribution in [2.75, 3.05) is 5.43 Å². The van der Waals surface area contributed by atoms with Crippen molar-refractivity contribution in [2.45, 2.75) is 13.8 Å². The van der Waals surface area contributed by atoms with Gasteiger partial charge in [0.2, 0.25) is 5.13 Å². The molecule has 0 amide bonds. The molecule has 0 unspecified atom stereocenters. The maximum atomic E-state index is 11.0. The fourth-order valence-corrected chi connectivity index (χ4v) is 4.25. The summed E-state index contributed by atoms with van der Waals surface area (Å²) >= 11 is 1.41. The number of nitrogens with one attached hydrogen (secondary N) is 1. The Labute approximate surface area is 188 Å². The second-order valence-corrected chi connectivity index (χ2v) is 8.25. The molecule has 3 aromatic carbocycles. The second kappa shape index (κ2) is 8.99. The van der Waals surface area contributed by atoms with Crippen LogP contribution in [0.1, 0.15) is 16.7 Å². The van der Waals surface area contributed by atoms with Crippen LogP contribution in [0.2, 0.25) is 0 Å². The standard InChI is InChI=1S/C24H20N4O3S/c1-15-7-12-20(16(2)13-15)22-23(17-8-10-19(11-9-17)28(30)31)32-24(26-22)27-25-14-18-5-3-4-6-21(18)29/h3-14,29H,1-2H3,(H,26,27)/b25-14-. The van der Waals surface area contributed by atoms with Gasteiger partial charge in [-0.25, -0.2) is 4.98 Å². The lowest BCUT2D eigenvalue weighted by atomic mass is 10.0. The van der Waals surface area contributed by atoms with Gasteiger partial charge in [-0.05, 0) is 49.2 Å². The number of non-ortho nitro benzene ring substituents is 1. The molecule has 4 rings (SSSR count). The Bertz CT molecular complexity index is 1310. The smallest absolute Gasteiger partial charge is 0.269 e. The number of nitrogens with zero attached hydrogens (tertiary/aromatic N) is 3. The quantitative estimate of drug-likeness (QED) is 0.211. The molecule has 160 valence electrons. The number of nitro benzene ring substituents is 1. The van der Waals surface area contributed by atoms with Crippen molar-refractivity contribution in [1.29, 1.82) is 0 Å². The third kappa shape index (κ3) is 4.50. The molecule has 0 radical (unpaired) electrons. The van der Waals surface area contributed by atoms with Crippen LogP contribution >= 0.6 is 11.3 Å². The van der Waals surface area contributed by atoms with E-state index < -0.39 is 4.92 Å². The van der Waals surface area contributed by atoms with Gasteiger partial charge in [-0.3, -0.25) is 15.5 Å². The third-order valence-electron chi connectivity index (χ3n) is 4.91. The number of aromatic hydroxyl groups is 1. The number of thiazole rings is 1. The lowest BCUT2D eigenvalue weighted by Crippen LogP contribution is -1.91. The van der Waals surface area contributed by atoms with Crippen molar-refractivity contribution in [1.82, 2.24) is 4.98 Å². The Morgan fingerprint density at radius 1 is 1.09 bits per heavy atom. The normalized spacial score (nSPS) is 11.1. The number of phenolic OH excluding ortho intramolecular Hbond substituents is 1. The van der Waals surface area contributed by atoms with E-state index in [1.54, 1.807) is 30.3 Å². The Morgan fingerprint density at radius 3 is 2.53 bits per heavy atom. The minimum absolute atomic E-state index is 0.0388. The Kier molecular flexibility index (Phi) is 5.96. The number of rotatable bonds is 6. The van der Waals surface area contributed by atoms with Crippen LogP contribution in [-0.2, 0) is 0 Å². The number of anilines is 1. The van der Waals surface area contributed by atoms with E-state index in [4.69, 9.17) is 4.98 Å². The molecule has 8 heteroatoms. The second-order valence-electron chi connectivity index (χ2n) is 7.25. The number of para-hydroxylation sites is 1. The van der Waals surface area contributed by atoms with Crippen molar-refractivity contribution < 1.29 is 10.0 Å². The van der Waals surface area contributed by atoms with Crippen molar-refractivity contribution in [3.05, 3.63) is 93.5 Å². The highest BCUT2D eigenvalue weighted by Crippen LogP contribution is 2.40. The topological polar surface area (TPSA) is 101 Å². The molecule has 0 atom stereocenters. The van der Waals surface area contributed by atoms with Gasteiger partial charge < -0.3 is 5.11 Å². The first kappa shape index (κ1) is 21.2. The molecule has 7 nitrogen and oxygen atoms in total. The van der Waals surface area contributed by atoms with E-state index in [1.807, 2.05) is 32.0 Å². The van der Waals surface area contributed by atoms with Crippen LogP contribution in [0, 0.1) is 24.0 Å². The molecule has 0 aliphatic heterocycles. The summed E-state index contributed by atoms with van der Waals surface area (Å²) in [5, 5.41) is 25.7. The number of benzene rings is 3. The fraction of sp³-hybridized carbons (Fsp3) is 0.0833. The largest absolute Gasteiger partial charge is 0.507 e. The van der Waals surface area contributed by atoms with Crippen LogP contribution in [0.15, 0.2) is 71.8 Å². The van der Waals surface area contributed by atoms with Gasteiger partial charge in [0.1, 0.15) is 5.75 Å². The summed E-state index contributed by atoms with van der Waals surface area (Å²) in [5.74, 6) is 0.139. The van der Waals surface area contributed by atoms with E-state index in [0.717, 1.165) is 32.8 Å². The number of hydrogen-bond acceptors (Lipinski definition) is 7. The molecule has 1 aromatic heterocycles. The lowest BCUT2D eigenvalue weighted by Gasteiger charge is -2.07. The van der Waals surface area contributed by atoms with Crippen molar-refractivity contribution in [2.24, 2.45) is 5.10 Å². The average molecular weight is 445 g/mol. The molecule has 1 heterocycles. The minimum atomic E-state index is -0.415. The fourth-order valence-electron chi connectivity index (χ4n) is 3.31. The van der Waals surface area contributed by atoms with Gasteiger partial charge in [0.15, 0.2) is 0 Å². The molecule has 0 aliphatic carbocycles. The minimum Gasteiger partial charge on any atom is -0.507 e. The van der Waals surface area contributed by atoms with Crippen LogP contribution < -0.4 is 5.43 Å². The summed E-state index contributed by atoms with van der Waals surface area (Å²) in [6.07, 6.45) is 1.53. The summed E-state index contributed by atoms with van der Waals surface area (Å²) < 4.78 is 0. The summed E-state index contributed by atoms with van der Waals surface area (Å²) in [5.41, 5.74) is 8.40. The lowest BCUT2D eigenvalue weighted by molar-refractivity contribution is -0.384. The highest BCUT2D eigenvalue weighted by atomic mass is 32.1. The molecule has 0 saturated heterocycles. The summed E-state index contributed by atoms with van der Waals surface area (Å²) in [6.45, 7) is 4.07. The number of aryl methyl sites for hydroxylation is 2. The van der Waals surface area contributed by atoms with Crippen molar-refractivity contribution >= 4 is 28.4 Å². The Hall–Kier alpha value is -4.04. The molecule has 0 fully saturated rings. The SMILES string of the molecule is Cc1ccc(-c2nc(N/N=C\c3ccccc3O)sc2-c2ccc([N+](=O)[O-])cc2)c(C)c1. The predicted molar refractivity (Wildman–Crippen MR) is 128 cm³/mol. The number of hydrogen-bond donors (Lipinski definition) is 2. The highest BCUT2D eigenvalue weighted by molar-refractivity contribution is 7.19. The zero-order chi connectivity index (χ0) is 22.7. The van der Waals surface area contributed by atoms with E-state index in [2.05, 4.69) is 16.6 Å². The summed E-state index contributed by atoms with van der Waals surface area (Å²) in [6, 6.07) is 19.5. The van der Waals surface area contributed by atoms with Gasteiger partial charge in [-0.1, -0.05) is 47.2 Å². The van der Waals surface area contributed by atoms with E-state index in [-0.39, 0.29) is 11.4 Å². The number of aromatic nitrogens is 1. The molecule has 0 aliphatic rings. The number of phenols is 1. The molecular weight excluding hydrogens is 424 g/mol. The van der Waals surface area contributed by atoms with Gasteiger partial charge in [0, 0.05) is 23.3 Å². The first-order chi connectivity index (χ1) is 15.4. The van der Waals surface area contributed by atoms with Crippen molar-refractivity contribution in [3.8, 4) is 27.4 Å². The summed E-state index contributed by atoms with van der Waals surface area (Å²) in [7, 11) is 0. The van der Waals surface area contributed by atoms with E-state index in [0.29, 0.717) is 10.7 Å². The van der Waals surface area contributed by atoms with Crippen LogP contribution in [-0.4, -0.2) is 21.2 Å². The Morgan fingerprint density at radius 2 is 1.84 bits per heavy atom. The average Bonchev–Trinajstić information content (AvgIpc) is 3.19. The first-order valence-electron chi connectivity index (χ1n) is 9.83. The van der Waals surface area contributed by atoms with Crippen molar-refractivity contribution in [3.63, 3.8) is 0 Å². The van der Waals surface area contributed by atoms with Crippen LogP contribution in [0.5, 0.6) is 5.75 Å². The van der Waals surface area contributed by atoms with Crippen LogP contribution in [0.3, 0.4) is 0 Å². The van der Waals surface area contributed by atoms with Gasteiger partial charge in [-0.15, -0.1) is 0 Å². The molecule has 4 aromatic rings. The van der Waals surface area contributed by atoms with Gasteiger partial charge >= 0.3 is 0 Å². The van der Waals surface area contributed by atoms with Gasteiger partial charge in [0.05, 0.1) is 21.7 Å². The molecule has 2 N–H and O–H groups in total. The zero-order valence-corrected chi connectivity index (χ0v) is 18.3. The number of hydrazone groups is 1. The molecule has 0 bridgehead atoms. The molecular formula is C24H20N4O3S. The highest BCUT2D eigenvalue weighted by Gasteiger charge is 2.17. The van der Waals surface area contributed by atoms with E-state index >= 15 is 0 Å². The van der Waals surface area contributed by atoms with Crippen LogP contribution in [0.4, 0.5) is 10.8 Å². The molecule has 0 spiro atoms. The number of nitro groups is 1. The maximum Gasteiger partial charge on any atom is 0.269 e. The maximum absolute atomic E-state index is 11.0. The zero-order valence-electron chi connectivity index (χ0n) is 17.4. The molecule has 32 heavy (non-hydrogen) atoms. The summed E-state index contributed by atoms with van der Waals surface area (Å²) in [4.78, 5) is 16.3. The Balaban J connectivity index is 1.72. The first-order valence-corrected chi connectivity index (χ1v) is 10.6. The van der Waals surface area contributed by atoms with Gasteiger partial charge in [0.25, 0.3) is 5.69 Å². The molecule has 0 saturated carbocycles. The third-order valence-corrected chi connectivity index (χ3v) is 5.91. The monoisotopic (exact) mass is 444 g/mol. The van der Waals surface area contributed by atoms with E-state index in [9.17, 15) is 15.2 Å². The van der Waals surface area contributed by atoms with E-state index in [1.165, 1.54) is 29.7 Å². The van der Waals surface area contributed by atoms with Crippen LogP contribution in [0.25, 0.3) is 21.7 Å². The predicted octanol–water partition coefficient (Wildman–Crippen LogP) is 6.15. The van der Waals surface area contributed by atoms with Gasteiger partial charge in [-0.2, -0.15) is 5.10 Å².